The normalized spacial score (nSPS) is 15.4. The predicted molar refractivity (Wildman–Crippen MR) is 60.1 cm³/mol. The Balaban J connectivity index is 2.22. The smallest absolute Gasteiger partial charge is 0.323 e. The van der Waals surface area contributed by atoms with E-state index in [9.17, 15) is 45.1 Å². The summed E-state index contributed by atoms with van der Waals surface area (Å²) in [7, 11) is 0. The first kappa shape index (κ1) is 18.6. The number of ether oxygens (including phenoxy) is 1. The average Bonchev–Trinajstić information content (AvgIpc) is 2.70. The molecule has 1 aromatic rings. The third kappa shape index (κ3) is 3.26. The second-order valence-corrected chi connectivity index (χ2v) is 4.47. The van der Waals surface area contributed by atoms with Crippen LogP contribution in [0.25, 0.3) is 0 Å². The highest BCUT2D eigenvalue weighted by Gasteiger charge is 2.69. The Morgan fingerprint density at radius 1 is 0.880 bits per heavy atom. The van der Waals surface area contributed by atoms with E-state index in [-0.39, 0.29) is 11.1 Å². The molecule has 0 saturated carbocycles. The number of benzene rings is 1. The number of carbonyl (C=O) groups excluding carboxylic acids is 3. The van der Waals surface area contributed by atoms with Crippen LogP contribution in [0.15, 0.2) is 24.3 Å². The van der Waals surface area contributed by atoms with Crippen molar-refractivity contribution < 1.29 is 54.7 Å². The summed E-state index contributed by atoms with van der Waals surface area (Å²) in [5.74, 6) is -12.3. The number of hydrogen-bond acceptors (Lipinski definition) is 5. The molecule has 0 aromatic heterocycles. The van der Waals surface area contributed by atoms with E-state index in [2.05, 4.69) is 4.84 Å². The van der Waals surface area contributed by atoms with Gasteiger partial charge in [-0.15, -0.1) is 13.2 Å². The summed E-state index contributed by atoms with van der Waals surface area (Å²) in [4.78, 5) is 38.2. The molecule has 0 bridgehead atoms. The minimum atomic E-state index is -6.35. The molecule has 2 amide bonds. The first-order valence-electron chi connectivity index (χ1n) is 6.00. The number of rotatable bonds is 4. The van der Waals surface area contributed by atoms with Crippen molar-refractivity contribution in [3.8, 4) is 0 Å². The maximum Gasteiger partial charge on any atom is 0.527 e. The molecule has 0 radical (unpaired) electrons. The lowest BCUT2D eigenvalue weighted by Gasteiger charge is -2.25. The molecule has 1 aromatic carbocycles. The van der Waals surface area contributed by atoms with Crippen molar-refractivity contribution in [1.29, 1.82) is 0 Å². The van der Waals surface area contributed by atoms with Crippen molar-refractivity contribution in [2.75, 3.05) is 0 Å². The molecule has 136 valence electrons. The average molecular weight is 375 g/mol. The Kier molecular flexibility index (Phi) is 4.24. The lowest BCUT2D eigenvalue weighted by molar-refractivity contribution is -0.460. The van der Waals surface area contributed by atoms with Crippen molar-refractivity contribution in [1.82, 2.24) is 5.06 Å². The number of halogens is 7. The minimum Gasteiger partial charge on any atom is -0.323 e. The topological polar surface area (TPSA) is 72.9 Å². The molecule has 6 nitrogen and oxygen atoms in total. The fourth-order valence-electron chi connectivity index (χ4n) is 1.72. The third-order valence-corrected chi connectivity index (χ3v) is 2.80. The van der Waals surface area contributed by atoms with Gasteiger partial charge >= 0.3 is 24.4 Å². The van der Waals surface area contributed by atoms with E-state index < -0.39 is 41.2 Å². The van der Waals surface area contributed by atoms with Gasteiger partial charge in [0.15, 0.2) is 0 Å². The second-order valence-electron chi connectivity index (χ2n) is 4.47. The van der Waals surface area contributed by atoms with Crippen molar-refractivity contribution in [2.24, 2.45) is 0 Å². The molecule has 0 N–H and O–H groups in total. The van der Waals surface area contributed by atoms with Crippen molar-refractivity contribution in [3.63, 3.8) is 0 Å². The molecule has 13 heteroatoms. The summed E-state index contributed by atoms with van der Waals surface area (Å²) < 4.78 is 89.5. The quantitative estimate of drug-likeness (QED) is 0.597. The van der Waals surface area contributed by atoms with E-state index in [0.29, 0.717) is 0 Å². The molecule has 0 spiro atoms. The zero-order valence-electron chi connectivity index (χ0n) is 11.4. The summed E-state index contributed by atoms with van der Waals surface area (Å²) in [6, 6.07) is 4.61. The lowest BCUT2D eigenvalue weighted by Crippen LogP contribution is -2.53. The van der Waals surface area contributed by atoms with Crippen LogP contribution in [-0.4, -0.2) is 41.2 Å². The Hall–Kier alpha value is -2.70. The number of fused-ring (bicyclic) bond motifs is 1. The van der Waals surface area contributed by atoms with Crippen LogP contribution in [0.4, 0.5) is 30.7 Å². The van der Waals surface area contributed by atoms with Gasteiger partial charge in [0.2, 0.25) is 0 Å². The summed E-state index contributed by atoms with van der Waals surface area (Å²) in [6.07, 6.45) is -12.6. The molecule has 0 unspecified atom stereocenters. The molecular weight excluding hydrogens is 371 g/mol. The fourth-order valence-corrected chi connectivity index (χ4v) is 1.72. The highest BCUT2D eigenvalue weighted by molar-refractivity contribution is 6.20. The van der Waals surface area contributed by atoms with Gasteiger partial charge in [-0.1, -0.05) is 17.2 Å². The Morgan fingerprint density at radius 2 is 1.32 bits per heavy atom. The molecule has 0 saturated heterocycles. The van der Waals surface area contributed by atoms with E-state index in [1.165, 1.54) is 12.1 Å². The lowest BCUT2D eigenvalue weighted by atomic mass is 10.1. The number of nitrogens with zero attached hydrogens (tertiary/aromatic N) is 1. The Bertz CT molecular complexity index is 711. The Morgan fingerprint density at radius 3 is 1.72 bits per heavy atom. The van der Waals surface area contributed by atoms with Crippen LogP contribution >= 0.6 is 0 Å². The zero-order chi connectivity index (χ0) is 19.2. The molecule has 1 aliphatic heterocycles. The molecule has 1 aliphatic rings. The predicted octanol–water partition coefficient (Wildman–Crippen LogP) is 2.51. The number of imide groups is 1. The Labute approximate surface area is 132 Å². The van der Waals surface area contributed by atoms with Crippen molar-refractivity contribution >= 4 is 17.8 Å². The second kappa shape index (κ2) is 5.68. The van der Waals surface area contributed by atoms with Gasteiger partial charge in [0.05, 0.1) is 11.1 Å². The number of hydrogen-bond donors (Lipinski definition) is 0. The molecule has 2 rings (SSSR count). The van der Waals surface area contributed by atoms with E-state index in [4.69, 9.17) is 0 Å². The van der Waals surface area contributed by atoms with Crippen LogP contribution in [0.3, 0.4) is 0 Å². The molecule has 25 heavy (non-hydrogen) atoms. The van der Waals surface area contributed by atoms with Crippen LogP contribution in [0.1, 0.15) is 20.7 Å². The van der Waals surface area contributed by atoms with Gasteiger partial charge in [0, 0.05) is 0 Å². The molecule has 1 heterocycles. The van der Waals surface area contributed by atoms with Gasteiger partial charge in [-0.3, -0.25) is 9.59 Å². The van der Waals surface area contributed by atoms with Crippen LogP contribution in [0, 0.1) is 0 Å². The molecule has 0 aliphatic carbocycles. The fraction of sp³-hybridized carbons (Fsp3) is 0.250. The van der Waals surface area contributed by atoms with E-state index in [1.807, 2.05) is 4.74 Å². The minimum absolute atomic E-state index is 0.387. The maximum atomic E-state index is 13.3. The maximum absolute atomic E-state index is 13.3. The van der Waals surface area contributed by atoms with E-state index in [1.54, 1.807) is 0 Å². The largest absolute Gasteiger partial charge is 0.527 e. The molecule has 0 fully saturated rings. The van der Waals surface area contributed by atoms with Crippen molar-refractivity contribution in [2.45, 2.75) is 18.4 Å². The SMILES string of the molecule is O=C1c2ccccc2C(=O)N1OC(=O)C(F)(F)C(F)(F)OC(F)(F)F. The number of carbonyl (C=O) groups is 3. The number of alkyl halides is 7. The summed E-state index contributed by atoms with van der Waals surface area (Å²) >= 11 is 0. The van der Waals surface area contributed by atoms with Gasteiger partial charge < -0.3 is 4.84 Å². The molecular formula is C12H4F7NO5. The monoisotopic (exact) mass is 375 g/mol. The third-order valence-electron chi connectivity index (χ3n) is 2.80. The van der Waals surface area contributed by atoms with Gasteiger partial charge in [-0.2, -0.15) is 17.6 Å². The summed E-state index contributed by atoms with van der Waals surface area (Å²) in [5, 5.41) is -0.565. The van der Waals surface area contributed by atoms with Gasteiger partial charge in [0.25, 0.3) is 11.8 Å². The zero-order valence-corrected chi connectivity index (χ0v) is 11.4. The van der Waals surface area contributed by atoms with Gasteiger partial charge in [-0.25, -0.2) is 9.53 Å². The van der Waals surface area contributed by atoms with E-state index >= 15 is 0 Å². The van der Waals surface area contributed by atoms with Crippen LogP contribution in [0.5, 0.6) is 0 Å². The summed E-state index contributed by atoms with van der Waals surface area (Å²) in [5.41, 5.74) is -0.774. The van der Waals surface area contributed by atoms with Crippen LogP contribution in [-0.2, 0) is 14.4 Å². The van der Waals surface area contributed by atoms with E-state index in [0.717, 1.165) is 12.1 Å². The molecule has 0 atom stereocenters. The number of amides is 2. The van der Waals surface area contributed by atoms with Gasteiger partial charge in [-0.05, 0) is 12.1 Å². The van der Waals surface area contributed by atoms with Crippen LogP contribution in [0.2, 0.25) is 0 Å². The number of hydroxylamine groups is 2. The first-order valence-corrected chi connectivity index (χ1v) is 6.00. The summed E-state index contributed by atoms with van der Waals surface area (Å²) in [6.45, 7) is 0. The van der Waals surface area contributed by atoms with Crippen LogP contribution < -0.4 is 0 Å². The van der Waals surface area contributed by atoms with Gasteiger partial charge in [0.1, 0.15) is 0 Å². The van der Waals surface area contributed by atoms with Crippen molar-refractivity contribution in [3.05, 3.63) is 35.4 Å². The highest BCUT2D eigenvalue weighted by atomic mass is 19.4. The highest BCUT2D eigenvalue weighted by Crippen LogP contribution is 2.41. The standard InChI is InChI=1S/C12H4F7NO5/c13-10(14,11(15,16)25-12(17,18)19)9(23)24-20-7(21)5-3-1-2-4-6(5)8(20)22/h1-4H. The first-order chi connectivity index (χ1) is 11.3.